The number of hydrogen-bond donors (Lipinski definition) is 2. The van der Waals surface area contributed by atoms with Gasteiger partial charge in [0.05, 0.1) is 5.56 Å². The number of nitrogens with one attached hydrogen (secondary N) is 2. The van der Waals surface area contributed by atoms with Crippen LogP contribution in [0.25, 0.3) is 0 Å². The Morgan fingerprint density at radius 3 is 2.69 bits per heavy atom. The van der Waals surface area contributed by atoms with Crippen LogP contribution in [-0.4, -0.2) is 24.4 Å². The molecule has 2 aliphatic heterocycles. The van der Waals surface area contributed by atoms with E-state index in [2.05, 4.69) is 22.6 Å². The van der Waals surface area contributed by atoms with Gasteiger partial charge in [0.2, 0.25) is 0 Å². The summed E-state index contributed by atoms with van der Waals surface area (Å²) < 4.78 is 5.87. The number of rotatable bonds is 4. The van der Waals surface area contributed by atoms with E-state index < -0.39 is 0 Å². The average Bonchev–Trinajstić information content (AvgIpc) is 3.11. The van der Waals surface area contributed by atoms with Crippen LogP contribution in [0.15, 0.2) is 54.6 Å². The minimum Gasteiger partial charge on any atom is -0.489 e. The molecule has 0 fully saturated rings. The van der Waals surface area contributed by atoms with Crippen molar-refractivity contribution in [1.29, 1.82) is 0 Å². The number of carbonyl (C=O) groups excluding carboxylic acids is 1. The lowest BCUT2D eigenvalue weighted by molar-refractivity contribution is 0.0935. The van der Waals surface area contributed by atoms with Gasteiger partial charge in [-0.05, 0) is 42.3 Å². The lowest BCUT2D eigenvalue weighted by Crippen LogP contribution is -2.38. The second-order valence-electron chi connectivity index (χ2n) is 7.59. The molecule has 0 saturated heterocycles. The molecular weight excluding hydrogens is 382 g/mol. The highest BCUT2D eigenvalue weighted by molar-refractivity contribution is 7.16. The average molecular weight is 406 g/mol. The second-order valence-corrected chi connectivity index (χ2v) is 8.69. The third kappa shape index (κ3) is 3.61. The number of nitrogens with zero attached hydrogens (tertiary/aromatic N) is 1. The van der Waals surface area contributed by atoms with Crippen LogP contribution in [0.3, 0.4) is 0 Å². The van der Waals surface area contributed by atoms with Crippen molar-refractivity contribution in [3.8, 4) is 5.75 Å². The summed E-state index contributed by atoms with van der Waals surface area (Å²) in [5, 5.41) is 7.63. The maximum absolute atomic E-state index is 12.8. The number of amides is 1. The van der Waals surface area contributed by atoms with E-state index in [9.17, 15) is 4.79 Å². The molecule has 1 amide bonds. The van der Waals surface area contributed by atoms with Gasteiger partial charge in [-0.25, -0.2) is 0 Å². The third-order valence-electron chi connectivity index (χ3n) is 5.49. The van der Waals surface area contributed by atoms with Crippen molar-refractivity contribution in [2.24, 2.45) is 0 Å². The molecule has 0 saturated carbocycles. The van der Waals surface area contributed by atoms with E-state index in [1.165, 1.54) is 10.4 Å². The Morgan fingerprint density at radius 2 is 1.90 bits per heavy atom. The van der Waals surface area contributed by atoms with Gasteiger partial charge in [-0.1, -0.05) is 42.5 Å². The molecule has 2 aromatic carbocycles. The number of likely N-dealkylation sites (N-methyl/N-ethyl adjacent to an activating group) is 1. The summed E-state index contributed by atoms with van der Waals surface area (Å²) in [6.07, 6.45) is 0.709. The molecule has 1 atom stereocenters. The van der Waals surface area contributed by atoms with Gasteiger partial charge < -0.3 is 20.3 Å². The quantitative estimate of drug-likeness (QED) is 0.684. The molecule has 0 radical (unpaired) electrons. The van der Waals surface area contributed by atoms with Crippen LogP contribution in [0, 0.1) is 0 Å². The molecule has 6 heteroatoms. The van der Waals surface area contributed by atoms with Crippen molar-refractivity contribution >= 4 is 22.2 Å². The Bertz CT molecular complexity index is 1030. The zero-order chi connectivity index (χ0) is 19.8. The van der Waals surface area contributed by atoms with Crippen LogP contribution in [-0.2, 0) is 19.6 Å². The topological polar surface area (TPSA) is 53.6 Å². The summed E-state index contributed by atoms with van der Waals surface area (Å²) in [6, 6.07) is 18.0. The van der Waals surface area contributed by atoms with Crippen molar-refractivity contribution in [2.45, 2.75) is 25.7 Å². The molecule has 148 valence electrons. The molecule has 3 aromatic rings. The molecular formula is C23H23N3O2S. The van der Waals surface area contributed by atoms with E-state index in [1.807, 2.05) is 54.6 Å². The molecule has 3 heterocycles. The molecule has 1 aromatic heterocycles. The highest BCUT2D eigenvalue weighted by Gasteiger charge is 2.32. The number of hydrogen-bond acceptors (Lipinski definition) is 5. The number of fused-ring (bicyclic) bond motifs is 3. The van der Waals surface area contributed by atoms with Gasteiger partial charge in [0.15, 0.2) is 0 Å². The molecule has 2 aliphatic rings. The minimum absolute atomic E-state index is 0.0233. The molecule has 2 N–H and O–H groups in total. The van der Waals surface area contributed by atoms with Crippen LogP contribution in [0.1, 0.15) is 38.1 Å². The van der Waals surface area contributed by atoms with Crippen LogP contribution in [0.4, 0.5) is 5.00 Å². The van der Waals surface area contributed by atoms with Gasteiger partial charge in [0, 0.05) is 18.0 Å². The van der Waals surface area contributed by atoms with Crippen molar-refractivity contribution in [3.63, 3.8) is 0 Å². The Morgan fingerprint density at radius 1 is 1.10 bits per heavy atom. The molecule has 5 rings (SSSR count). The molecule has 5 nitrogen and oxygen atoms in total. The monoisotopic (exact) mass is 405 g/mol. The van der Waals surface area contributed by atoms with Crippen molar-refractivity contribution in [2.75, 3.05) is 18.9 Å². The first-order valence-corrected chi connectivity index (χ1v) is 10.7. The van der Waals surface area contributed by atoms with E-state index in [1.54, 1.807) is 11.3 Å². The summed E-state index contributed by atoms with van der Waals surface area (Å²) in [5.41, 5.74) is 4.21. The predicted molar refractivity (Wildman–Crippen MR) is 115 cm³/mol. The highest BCUT2D eigenvalue weighted by Crippen LogP contribution is 2.40. The lowest BCUT2D eigenvalue weighted by Gasteiger charge is -2.27. The molecule has 0 unspecified atom stereocenters. The first-order chi connectivity index (χ1) is 14.2. The van der Waals surface area contributed by atoms with Crippen LogP contribution in [0.2, 0.25) is 0 Å². The Kier molecular flexibility index (Phi) is 4.73. The molecule has 29 heavy (non-hydrogen) atoms. The van der Waals surface area contributed by atoms with Gasteiger partial charge in [-0.15, -0.1) is 11.3 Å². The summed E-state index contributed by atoms with van der Waals surface area (Å²) >= 11 is 1.71. The standard InChI is InChI=1S/C23H23N3O2S/c1-26-12-11-18-19(13-26)29-23-20(18)22(27)24-21(25-23)16-7-9-17(10-8-16)28-14-15-5-3-2-4-6-15/h2-10,21,25H,11-14H2,1H3,(H,24,27)/t21-/m0/s1. The Hall–Kier alpha value is -2.83. The van der Waals surface area contributed by atoms with Gasteiger partial charge in [-0.3, -0.25) is 4.79 Å². The lowest BCUT2D eigenvalue weighted by atomic mass is 10.0. The Labute approximate surface area is 174 Å². The van der Waals surface area contributed by atoms with Gasteiger partial charge in [0.1, 0.15) is 23.5 Å². The van der Waals surface area contributed by atoms with Gasteiger partial charge >= 0.3 is 0 Å². The zero-order valence-electron chi connectivity index (χ0n) is 16.3. The third-order valence-corrected chi connectivity index (χ3v) is 6.64. The molecule has 0 aliphatic carbocycles. The number of ether oxygens (including phenoxy) is 1. The van der Waals surface area contributed by atoms with Gasteiger partial charge in [0.25, 0.3) is 5.91 Å². The normalized spacial score (nSPS) is 18.4. The van der Waals surface area contributed by atoms with Crippen molar-refractivity contribution in [3.05, 3.63) is 81.7 Å². The largest absolute Gasteiger partial charge is 0.489 e. The molecule has 0 bridgehead atoms. The summed E-state index contributed by atoms with van der Waals surface area (Å²) in [6.45, 7) is 2.45. The predicted octanol–water partition coefficient (Wildman–Crippen LogP) is 4.17. The van der Waals surface area contributed by atoms with E-state index in [0.29, 0.717) is 6.61 Å². The maximum atomic E-state index is 12.8. The van der Waals surface area contributed by atoms with Gasteiger partial charge in [-0.2, -0.15) is 0 Å². The second kappa shape index (κ2) is 7.54. The van der Waals surface area contributed by atoms with E-state index in [4.69, 9.17) is 4.74 Å². The fourth-order valence-corrected chi connectivity index (χ4v) is 5.26. The smallest absolute Gasteiger partial charge is 0.256 e. The SMILES string of the molecule is CN1CCc2c(sc3c2C(=O)N[C@H](c2ccc(OCc4ccccc4)cc2)N3)C1. The zero-order valence-corrected chi connectivity index (χ0v) is 17.1. The fraction of sp³-hybridized carbons (Fsp3) is 0.261. The summed E-state index contributed by atoms with van der Waals surface area (Å²) in [5.74, 6) is 0.838. The summed E-state index contributed by atoms with van der Waals surface area (Å²) in [7, 11) is 2.12. The Balaban J connectivity index is 1.30. The minimum atomic E-state index is -0.226. The highest BCUT2D eigenvalue weighted by atomic mass is 32.1. The van der Waals surface area contributed by atoms with Crippen molar-refractivity contribution < 1.29 is 9.53 Å². The summed E-state index contributed by atoms with van der Waals surface area (Å²) in [4.78, 5) is 16.4. The first-order valence-electron chi connectivity index (χ1n) is 9.84. The molecule has 0 spiro atoms. The van der Waals surface area contributed by atoms with Crippen LogP contribution < -0.4 is 15.4 Å². The van der Waals surface area contributed by atoms with Crippen LogP contribution >= 0.6 is 11.3 Å². The fourth-order valence-electron chi connectivity index (χ4n) is 3.91. The first kappa shape index (κ1) is 18.2. The number of benzene rings is 2. The number of thiophene rings is 1. The number of anilines is 1. The van der Waals surface area contributed by atoms with Crippen LogP contribution in [0.5, 0.6) is 5.75 Å². The maximum Gasteiger partial charge on any atom is 0.256 e. The van der Waals surface area contributed by atoms with E-state index in [0.717, 1.165) is 47.0 Å². The van der Waals surface area contributed by atoms with Crippen molar-refractivity contribution in [1.82, 2.24) is 10.2 Å². The van der Waals surface area contributed by atoms with E-state index in [-0.39, 0.29) is 12.1 Å². The number of carbonyl (C=O) groups is 1. The van der Waals surface area contributed by atoms with E-state index >= 15 is 0 Å².